The quantitative estimate of drug-likeness (QED) is 0.647. The molecule has 0 bridgehead atoms. The topological polar surface area (TPSA) is 42.9 Å². The maximum Gasteiger partial charge on any atom is 0.318 e. The van der Waals surface area contributed by atoms with Crippen LogP contribution in [0.15, 0.2) is 77.9 Å². The van der Waals surface area contributed by atoms with Gasteiger partial charge < -0.3 is 9.47 Å². The van der Waals surface area contributed by atoms with Gasteiger partial charge in [-0.2, -0.15) is 9.48 Å². The number of anilines is 1. The third kappa shape index (κ3) is 2.48. The molecule has 5 nitrogen and oxygen atoms in total. The second-order valence-corrected chi connectivity index (χ2v) is 7.67. The third-order valence-corrected chi connectivity index (χ3v) is 5.75. The number of para-hydroxylation sites is 2. The van der Waals surface area contributed by atoms with Crippen molar-refractivity contribution in [3.8, 4) is 11.5 Å². The summed E-state index contributed by atoms with van der Waals surface area (Å²) in [5, 5.41) is 3.54. The molecule has 5 heteroatoms. The Bertz CT molecular complexity index is 1200. The van der Waals surface area contributed by atoms with Crippen molar-refractivity contribution in [2.75, 3.05) is 12.1 Å². The Morgan fingerprint density at radius 3 is 2.69 bits per heavy atom. The Morgan fingerprint density at radius 1 is 0.966 bits per heavy atom. The summed E-state index contributed by atoms with van der Waals surface area (Å²) in [6.07, 6.45) is 2.24. The van der Waals surface area contributed by atoms with Crippen LogP contribution < -0.4 is 19.3 Å². The number of aliphatic imine (C=N–C) groups is 1. The number of hydrogen-bond acceptors (Lipinski definition) is 4. The van der Waals surface area contributed by atoms with Crippen LogP contribution in [0.4, 0.5) is 11.4 Å². The fourth-order valence-corrected chi connectivity index (χ4v) is 4.24. The fraction of sp³-hybridized carbons (Fsp3) is 0.125. The molecule has 3 heterocycles. The second kappa shape index (κ2) is 5.96. The average molecular weight is 382 g/mol. The van der Waals surface area contributed by atoms with Gasteiger partial charge in [0.05, 0.1) is 0 Å². The number of guanidine groups is 1. The zero-order chi connectivity index (χ0) is 19.4. The molecule has 3 aromatic carbocycles. The van der Waals surface area contributed by atoms with Gasteiger partial charge in [-0.1, -0.05) is 42.0 Å². The highest BCUT2D eigenvalue weighted by molar-refractivity contribution is 6.16. The van der Waals surface area contributed by atoms with Gasteiger partial charge in [-0.15, -0.1) is 0 Å². The normalized spacial score (nSPS) is 20.6. The molecule has 6 rings (SSSR count). The van der Waals surface area contributed by atoms with E-state index in [0.29, 0.717) is 4.48 Å². The number of nitrogens with zero attached hydrogens (tertiary/aromatic N) is 2. The van der Waals surface area contributed by atoms with Gasteiger partial charge in [0.15, 0.2) is 17.2 Å². The molecule has 142 valence electrons. The van der Waals surface area contributed by atoms with E-state index in [4.69, 9.17) is 14.5 Å². The van der Waals surface area contributed by atoms with Crippen LogP contribution in [0.5, 0.6) is 11.5 Å². The molecule has 3 aliphatic rings. The molecular weight excluding hydrogens is 362 g/mol. The number of nitrogens with one attached hydrogen (secondary N) is 1. The minimum atomic E-state index is 0.273. The number of rotatable bonds is 3. The third-order valence-electron chi connectivity index (χ3n) is 5.75. The van der Waals surface area contributed by atoms with Crippen molar-refractivity contribution in [1.82, 2.24) is 4.48 Å². The van der Waals surface area contributed by atoms with Gasteiger partial charge in [0.2, 0.25) is 6.79 Å². The Kier molecular flexibility index (Phi) is 3.37. The number of quaternary nitrogens is 1. The second-order valence-electron chi connectivity index (χ2n) is 7.67. The minimum absolute atomic E-state index is 0.273. The molecule has 3 aromatic rings. The molecule has 1 N–H and O–H groups in total. The molecule has 0 amide bonds. The van der Waals surface area contributed by atoms with Crippen LogP contribution in [0.3, 0.4) is 0 Å². The fourth-order valence-electron chi connectivity index (χ4n) is 4.24. The van der Waals surface area contributed by atoms with E-state index in [-0.39, 0.29) is 6.79 Å². The lowest BCUT2D eigenvalue weighted by molar-refractivity contribution is 0.174. The SMILES string of the molecule is Cc1ccc(C[N+]23C=C(c4ccc5c(c4)OCO5)N=C2Nc2ccccc23)cc1. The first kappa shape index (κ1) is 16.4. The Morgan fingerprint density at radius 2 is 1.79 bits per heavy atom. The number of benzene rings is 3. The van der Waals surface area contributed by atoms with Crippen molar-refractivity contribution in [3.05, 3.63) is 89.6 Å². The molecule has 0 aliphatic carbocycles. The highest BCUT2D eigenvalue weighted by Crippen LogP contribution is 2.46. The maximum atomic E-state index is 5.56. The first-order valence-electron chi connectivity index (χ1n) is 9.73. The lowest BCUT2D eigenvalue weighted by Gasteiger charge is -2.26. The predicted octanol–water partition coefficient (Wildman–Crippen LogP) is 5.02. The van der Waals surface area contributed by atoms with Crippen LogP contribution in [0.2, 0.25) is 0 Å². The van der Waals surface area contributed by atoms with E-state index in [9.17, 15) is 0 Å². The van der Waals surface area contributed by atoms with Crippen molar-refractivity contribution in [1.29, 1.82) is 0 Å². The van der Waals surface area contributed by atoms with Crippen LogP contribution in [0, 0.1) is 6.92 Å². The van der Waals surface area contributed by atoms with Crippen molar-refractivity contribution in [2.24, 2.45) is 4.99 Å². The smallest absolute Gasteiger partial charge is 0.318 e. The molecule has 0 radical (unpaired) electrons. The van der Waals surface area contributed by atoms with Gasteiger partial charge in [0.1, 0.15) is 24.1 Å². The Hall–Kier alpha value is -3.57. The molecule has 0 aromatic heterocycles. The van der Waals surface area contributed by atoms with Crippen molar-refractivity contribution < 1.29 is 9.47 Å². The molecule has 1 atom stereocenters. The summed E-state index contributed by atoms with van der Waals surface area (Å²) in [7, 11) is 0. The van der Waals surface area contributed by atoms with E-state index in [0.717, 1.165) is 41.0 Å². The largest absolute Gasteiger partial charge is 0.454 e. The van der Waals surface area contributed by atoms with Crippen LogP contribution in [0.25, 0.3) is 5.70 Å². The van der Waals surface area contributed by atoms with Crippen molar-refractivity contribution in [2.45, 2.75) is 13.5 Å². The van der Waals surface area contributed by atoms with Gasteiger partial charge in [0, 0.05) is 17.2 Å². The number of fused-ring (bicyclic) bond motifs is 4. The summed E-state index contributed by atoms with van der Waals surface area (Å²) in [5.41, 5.74) is 6.82. The highest BCUT2D eigenvalue weighted by Gasteiger charge is 2.48. The van der Waals surface area contributed by atoms with E-state index < -0.39 is 0 Å². The van der Waals surface area contributed by atoms with Gasteiger partial charge >= 0.3 is 5.96 Å². The van der Waals surface area contributed by atoms with Crippen molar-refractivity contribution in [3.63, 3.8) is 0 Å². The predicted molar refractivity (Wildman–Crippen MR) is 115 cm³/mol. The summed E-state index contributed by atoms with van der Waals surface area (Å²) in [4.78, 5) is 4.99. The summed E-state index contributed by atoms with van der Waals surface area (Å²) in [6.45, 7) is 3.19. The van der Waals surface area contributed by atoms with Gasteiger partial charge in [0.25, 0.3) is 0 Å². The molecule has 0 spiro atoms. The first-order chi connectivity index (χ1) is 14.2. The highest BCUT2D eigenvalue weighted by atomic mass is 16.7. The van der Waals surface area contributed by atoms with E-state index in [1.54, 1.807) is 0 Å². The van der Waals surface area contributed by atoms with Crippen molar-refractivity contribution >= 4 is 23.0 Å². The van der Waals surface area contributed by atoms with Crippen LogP contribution in [0.1, 0.15) is 16.7 Å². The number of aryl methyl sites for hydroxylation is 1. The van der Waals surface area contributed by atoms with Gasteiger partial charge in [-0.05, 0) is 31.2 Å². The van der Waals surface area contributed by atoms with Crippen LogP contribution in [-0.2, 0) is 6.54 Å². The Labute approximate surface area is 169 Å². The molecule has 0 fully saturated rings. The van der Waals surface area contributed by atoms with Gasteiger partial charge in [-0.25, -0.2) is 0 Å². The molecule has 29 heavy (non-hydrogen) atoms. The number of hydrogen-bond donors (Lipinski definition) is 1. The Balaban J connectivity index is 1.47. The number of ether oxygens (including phenoxy) is 2. The van der Waals surface area contributed by atoms with E-state index in [2.05, 4.69) is 67.0 Å². The van der Waals surface area contributed by atoms with E-state index in [1.165, 1.54) is 16.8 Å². The van der Waals surface area contributed by atoms with Crippen LogP contribution >= 0.6 is 0 Å². The average Bonchev–Trinajstić information content (AvgIpc) is 3.41. The molecule has 1 unspecified atom stereocenters. The summed E-state index contributed by atoms with van der Waals surface area (Å²) >= 11 is 0. The molecular formula is C24H20N3O2+. The summed E-state index contributed by atoms with van der Waals surface area (Å²) in [6, 6.07) is 23.2. The minimum Gasteiger partial charge on any atom is -0.454 e. The van der Waals surface area contributed by atoms with Crippen LogP contribution in [-0.4, -0.2) is 12.8 Å². The van der Waals surface area contributed by atoms with E-state index >= 15 is 0 Å². The monoisotopic (exact) mass is 382 g/mol. The zero-order valence-corrected chi connectivity index (χ0v) is 16.1. The first-order valence-corrected chi connectivity index (χ1v) is 9.73. The van der Waals surface area contributed by atoms with Gasteiger partial charge in [-0.3, -0.25) is 5.32 Å². The zero-order valence-electron chi connectivity index (χ0n) is 16.1. The standard InChI is InChI=1S/C24H20N3O2/c1-16-6-8-17(9-7-16)13-27-14-20(18-10-11-22-23(12-18)29-15-28-22)26-24(27)25-19-4-2-3-5-21(19)27/h2-12,14H,13,15H2,1H3,(H,25,26)/q+1. The lowest BCUT2D eigenvalue weighted by Crippen LogP contribution is -2.45. The molecule has 0 saturated carbocycles. The van der Waals surface area contributed by atoms with E-state index in [1.807, 2.05) is 18.2 Å². The molecule has 0 saturated heterocycles. The summed E-state index contributed by atoms with van der Waals surface area (Å²) in [5.74, 6) is 2.49. The lowest BCUT2D eigenvalue weighted by atomic mass is 10.1. The summed E-state index contributed by atoms with van der Waals surface area (Å²) < 4.78 is 11.6. The molecule has 3 aliphatic heterocycles. The maximum absolute atomic E-state index is 5.56.